The maximum atomic E-state index is 12.3. The number of rotatable bonds is 4. The molecular formula is C16H19N3O3. The topological polar surface area (TPSA) is 81.7 Å². The van der Waals surface area contributed by atoms with Crippen LogP contribution in [0.25, 0.3) is 0 Å². The van der Waals surface area contributed by atoms with Crippen molar-refractivity contribution in [2.24, 2.45) is 5.92 Å². The zero-order valence-electron chi connectivity index (χ0n) is 12.4. The lowest BCUT2D eigenvalue weighted by Crippen LogP contribution is -2.45. The third kappa shape index (κ3) is 3.64. The Labute approximate surface area is 129 Å². The molecule has 1 heterocycles. The standard InChI is InChI=1S/C16H19N3O3/c1-3-8-19-9-13(16(21)18-22)14(10-19)17-15(20)12-6-4-11(2)5-7-12/h1,4-7,13-14,22H,8-10H2,2H3,(H,17,20)(H,18,21)/t13-,14+/m0/s1. The highest BCUT2D eigenvalue weighted by molar-refractivity contribution is 5.95. The van der Waals surface area contributed by atoms with Gasteiger partial charge >= 0.3 is 0 Å². The molecule has 0 bridgehead atoms. The summed E-state index contributed by atoms with van der Waals surface area (Å²) in [6.07, 6.45) is 5.29. The molecule has 1 aliphatic heterocycles. The maximum Gasteiger partial charge on any atom is 0.251 e. The average Bonchev–Trinajstić information content (AvgIpc) is 2.90. The van der Waals surface area contributed by atoms with Gasteiger partial charge in [-0.15, -0.1) is 6.42 Å². The summed E-state index contributed by atoms with van der Waals surface area (Å²) in [4.78, 5) is 25.9. The van der Waals surface area contributed by atoms with E-state index < -0.39 is 17.9 Å². The van der Waals surface area contributed by atoms with Gasteiger partial charge in [-0.1, -0.05) is 23.6 Å². The summed E-state index contributed by atoms with van der Waals surface area (Å²) in [5.41, 5.74) is 3.25. The summed E-state index contributed by atoms with van der Waals surface area (Å²) < 4.78 is 0. The van der Waals surface area contributed by atoms with Crippen molar-refractivity contribution in [3.8, 4) is 12.3 Å². The average molecular weight is 301 g/mol. The second-order valence-electron chi connectivity index (χ2n) is 5.43. The molecule has 0 spiro atoms. The van der Waals surface area contributed by atoms with E-state index in [1.807, 2.05) is 24.0 Å². The highest BCUT2D eigenvalue weighted by atomic mass is 16.5. The number of terminal acetylenes is 1. The first-order valence-corrected chi connectivity index (χ1v) is 7.02. The smallest absolute Gasteiger partial charge is 0.251 e. The molecule has 6 nitrogen and oxygen atoms in total. The van der Waals surface area contributed by atoms with E-state index in [1.54, 1.807) is 17.6 Å². The Morgan fingerprint density at radius 2 is 2.05 bits per heavy atom. The molecule has 0 unspecified atom stereocenters. The molecule has 0 radical (unpaired) electrons. The van der Waals surface area contributed by atoms with Gasteiger partial charge < -0.3 is 5.32 Å². The Kier molecular flexibility index (Phi) is 5.15. The van der Waals surface area contributed by atoms with Crippen molar-refractivity contribution in [1.82, 2.24) is 15.7 Å². The molecule has 1 saturated heterocycles. The van der Waals surface area contributed by atoms with Crippen molar-refractivity contribution >= 4 is 11.8 Å². The van der Waals surface area contributed by atoms with Crippen LogP contribution in [-0.2, 0) is 4.79 Å². The Balaban J connectivity index is 2.08. The number of amides is 2. The van der Waals surface area contributed by atoms with Crippen LogP contribution in [0, 0.1) is 25.2 Å². The van der Waals surface area contributed by atoms with Gasteiger partial charge in [0.2, 0.25) is 5.91 Å². The summed E-state index contributed by atoms with van der Waals surface area (Å²) in [7, 11) is 0. The zero-order chi connectivity index (χ0) is 16.1. The van der Waals surface area contributed by atoms with Crippen LogP contribution in [0.3, 0.4) is 0 Å². The number of nitrogens with one attached hydrogen (secondary N) is 2. The number of carbonyl (C=O) groups excluding carboxylic acids is 2. The number of nitrogens with zero attached hydrogens (tertiary/aromatic N) is 1. The third-order valence-corrected chi connectivity index (χ3v) is 3.79. The lowest BCUT2D eigenvalue weighted by atomic mass is 10.0. The first kappa shape index (κ1) is 16.0. The van der Waals surface area contributed by atoms with Crippen LogP contribution in [-0.4, -0.2) is 47.6 Å². The molecule has 22 heavy (non-hydrogen) atoms. The molecular weight excluding hydrogens is 282 g/mol. The van der Waals surface area contributed by atoms with E-state index in [-0.39, 0.29) is 5.91 Å². The molecule has 2 amide bonds. The van der Waals surface area contributed by atoms with Crippen molar-refractivity contribution in [2.75, 3.05) is 19.6 Å². The molecule has 116 valence electrons. The van der Waals surface area contributed by atoms with Gasteiger partial charge in [-0.05, 0) is 19.1 Å². The van der Waals surface area contributed by atoms with Gasteiger partial charge in [0, 0.05) is 18.7 Å². The monoisotopic (exact) mass is 301 g/mol. The van der Waals surface area contributed by atoms with Crippen LogP contribution < -0.4 is 10.8 Å². The molecule has 1 aromatic rings. The van der Waals surface area contributed by atoms with Crippen LogP contribution >= 0.6 is 0 Å². The first-order valence-electron chi connectivity index (χ1n) is 7.02. The van der Waals surface area contributed by atoms with Crippen LogP contribution in [0.5, 0.6) is 0 Å². The molecule has 3 N–H and O–H groups in total. The van der Waals surface area contributed by atoms with Gasteiger partial charge in [-0.2, -0.15) is 0 Å². The number of aryl methyl sites for hydroxylation is 1. The quantitative estimate of drug-likeness (QED) is 0.420. The molecule has 6 heteroatoms. The predicted octanol–water partition coefficient (Wildman–Crippen LogP) is 0.164. The highest BCUT2D eigenvalue weighted by Crippen LogP contribution is 2.17. The van der Waals surface area contributed by atoms with Gasteiger partial charge in [0.15, 0.2) is 0 Å². The van der Waals surface area contributed by atoms with Crippen molar-refractivity contribution in [3.05, 3.63) is 35.4 Å². The highest BCUT2D eigenvalue weighted by Gasteiger charge is 2.38. The lowest BCUT2D eigenvalue weighted by Gasteiger charge is -2.18. The molecule has 2 atom stereocenters. The number of hydrogen-bond donors (Lipinski definition) is 3. The van der Waals surface area contributed by atoms with Gasteiger partial charge in [-0.3, -0.25) is 19.7 Å². The normalized spacial score (nSPS) is 21.1. The van der Waals surface area contributed by atoms with Gasteiger partial charge in [0.1, 0.15) is 0 Å². The molecule has 0 aromatic heterocycles. The van der Waals surface area contributed by atoms with E-state index in [0.717, 1.165) is 5.56 Å². The van der Waals surface area contributed by atoms with E-state index in [0.29, 0.717) is 25.2 Å². The molecule has 1 aromatic carbocycles. The van der Waals surface area contributed by atoms with Crippen LogP contribution in [0.15, 0.2) is 24.3 Å². The second kappa shape index (κ2) is 7.07. The fourth-order valence-electron chi connectivity index (χ4n) is 2.59. The van der Waals surface area contributed by atoms with Crippen molar-refractivity contribution < 1.29 is 14.8 Å². The fourth-order valence-corrected chi connectivity index (χ4v) is 2.59. The number of likely N-dealkylation sites (tertiary alicyclic amines) is 1. The predicted molar refractivity (Wildman–Crippen MR) is 81.1 cm³/mol. The molecule has 0 saturated carbocycles. The Morgan fingerprint density at radius 1 is 1.36 bits per heavy atom. The molecule has 1 fully saturated rings. The maximum absolute atomic E-state index is 12.3. The number of hydroxylamine groups is 1. The summed E-state index contributed by atoms with van der Waals surface area (Å²) in [5.74, 6) is 1.22. The van der Waals surface area contributed by atoms with E-state index in [1.165, 1.54) is 0 Å². The van der Waals surface area contributed by atoms with Gasteiger partial charge in [0.05, 0.1) is 18.5 Å². The van der Waals surface area contributed by atoms with Crippen molar-refractivity contribution in [3.63, 3.8) is 0 Å². The number of carbonyl (C=O) groups is 2. The minimum Gasteiger partial charge on any atom is -0.347 e. The van der Waals surface area contributed by atoms with Crippen LogP contribution in [0.4, 0.5) is 0 Å². The fraction of sp³-hybridized carbons (Fsp3) is 0.375. The van der Waals surface area contributed by atoms with E-state index in [9.17, 15) is 9.59 Å². The summed E-state index contributed by atoms with van der Waals surface area (Å²) in [5, 5.41) is 11.7. The summed E-state index contributed by atoms with van der Waals surface area (Å²) >= 11 is 0. The number of benzene rings is 1. The Bertz CT molecular complexity index is 592. The zero-order valence-corrected chi connectivity index (χ0v) is 12.4. The van der Waals surface area contributed by atoms with Crippen LogP contribution in [0.1, 0.15) is 15.9 Å². The minimum absolute atomic E-state index is 0.247. The molecule has 1 aliphatic rings. The first-order chi connectivity index (χ1) is 10.5. The second-order valence-corrected chi connectivity index (χ2v) is 5.43. The Morgan fingerprint density at radius 3 is 2.64 bits per heavy atom. The lowest BCUT2D eigenvalue weighted by molar-refractivity contribution is -0.133. The summed E-state index contributed by atoms with van der Waals surface area (Å²) in [6.45, 7) is 3.21. The van der Waals surface area contributed by atoms with Gasteiger partial charge in [0.25, 0.3) is 5.91 Å². The van der Waals surface area contributed by atoms with Crippen molar-refractivity contribution in [2.45, 2.75) is 13.0 Å². The van der Waals surface area contributed by atoms with E-state index in [2.05, 4.69) is 11.2 Å². The molecule has 0 aliphatic carbocycles. The van der Waals surface area contributed by atoms with Crippen LogP contribution in [0.2, 0.25) is 0 Å². The number of hydrogen-bond acceptors (Lipinski definition) is 4. The van der Waals surface area contributed by atoms with E-state index in [4.69, 9.17) is 11.6 Å². The third-order valence-electron chi connectivity index (χ3n) is 3.79. The minimum atomic E-state index is -0.534. The summed E-state index contributed by atoms with van der Waals surface area (Å²) in [6, 6.07) is 6.78. The molecule has 2 rings (SSSR count). The van der Waals surface area contributed by atoms with Crippen molar-refractivity contribution in [1.29, 1.82) is 0 Å². The van der Waals surface area contributed by atoms with Gasteiger partial charge in [-0.25, -0.2) is 5.48 Å². The Hall–Kier alpha value is -2.36. The largest absolute Gasteiger partial charge is 0.347 e. The SMILES string of the molecule is C#CCN1C[C@H](C(=O)NO)[C@H](NC(=O)c2ccc(C)cc2)C1. The van der Waals surface area contributed by atoms with E-state index >= 15 is 0 Å².